The summed E-state index contributed by atoms with van der Waals surface area (Å²) in [6.45, 7) is 1.95. The summed E-state index contributed by atoms with van der Waals surface area (Å²) in [5, 5.41) is 2.11. The van der Waals surface area contributed by atoms with E-state index in [2.05, 4.69) is 5.32 Å². The van der Waals surface area contributed by atoms with E-state index in [9.17, 15) is 18.0 Å². The number of carbonyl (C=O) groups excluding carboxylic acids is 1. The standard InChI is InChI=1S/C12H13ClF3NO2/c1-2-5-19-7-11(18)17-10-4-3-8(13)6-9(10)12(14,15)16/h3-4,6H,2,5,7H2,1H3,(H,17,18). The first-order valence-corrected chi connectivity index (χ1v) is 5.96. The third kappa shape index (κ3) is 5.08. The average molecular weight is 296 g/mol. The first-order valence-electron chi connectivity index (χ1n) is 5.59. The van der Waals surface area contributed by atoms with Crippen LogP contribution in [0, 0.1) is 0 Å². The molecule has 1 amide bonds. The molecule has 1 aromatic carbocycles. The maximum absolute atomic E-state index is 12.7. The molecular weight excluding hydrogens is 283 g/mol. The summed E-state index contributed by atoms with van der Waals surface area (Å²) in [7, 11) is 0. The van der Waals surface area contributed by atoms with Crippen LogP contribution in [0.25, 0.3) is 0 Å². The van der Waals surface area contributed by atoms with Gasteiger partial charge in [-0.05, 0) is 24.6 Å². The van der Waals surface area contributed by atoms with Crippen LogP contribution in [0.3, 0.4) is 0 Å². The number of anilines is 1. The Morgan fingerprint density at radius 3 is 2.68 bits per heavy atom. The van der Waals surface area contributed by atoms with E-state index in [-0.39, 0.29) is 17.3 Å². The minimum Gasteiger partial charge on any atom is -0.372 e. The molecule has 0 spiro atoms. The van der Waals surface area contributed by atoms with E-state index in [1.54, 1.807) is 0 Å². The highest BCUT2D eigenvalue weighted by atomic mass is 35.5. The molecule has 19 heavy (non-hydrogen) atoms. The van der Waals surface area contributed by atoms with Crippen molar-refractivity contribution in [1.82, 2.24) is 0 Å². The largest absolute Gasteiger partial charge is 0.418 e. The fourth-order valence-corrected chi connectivity index (χ4v) is 1.53. The van der Waals surface area contributed by atoms with Gasteiger partial charge in [0.15, 0.2) is 0 Å². The van der Waals surface area contributed by atoms with Crippen molar-refractivity contribution < 1.29 is 22.7 Å². The van der Waals surface area contributed by atoms with Gasteiger partial charge in [0.05, 0.1) is 11.3 Å². The lowest BCUT2D eigenvalue weighted by Crippen LogP contribution is -2.21. The monoisotopic (exact) mass is 295 g/mol. The molecule has 0 saturated carbocycles. The van der Waals surface area contributed by atoms with Crippen LogP contribution in [0.15, 0.2) is 18.2 Å². The number of ether oxygens (including phenoxy) is 1. The lowest BCUT2D eigenvalue weighted by atomic mass is 10.1. The molecule has 7 heteroatoms. The number of benzene rings is 1. The molecule has 1 rings (SSSR count). The van der Waals surface area contributed by atoms with E-state index in [0.29, 0.717) is 6.61 Å². The predicted octanol–water partition coefficient (Wildman–Crippen LogP) is 3.72. The number of amides is 1. The van der Waals surface area contributed by atoms with Gasteiger partial charge in [-0.2, -0.15) is 13.2 Å². The second kappa shape index (κ2) is 6.77. The second-order valence-corrected chi connectivity index (χ2v) is 4.22. The summed E-state index contributed by atoms with van der Waals surface area (Å²) in [4.78, 5) is 11.4. The maximum Gasteiger partial charge on any atom is 0.418 e. The van der Waals surface area contributed by atoms with Crippen molar-refractivity contribution in [3.8, 4) is 0 Å². The molecule has 3 nitrogen and oxygen atoms in total. The molecule has 0 unspecified atom stereocenters. The number of nitrogens with one attached hydrogen (secondary N) is 1. The minimum atomic E-state index is -4.59. The number of alkyl halides is 3. The molecule has 0 saturated heterocycles. The van der Waals surface area contributed by atoms with E-state index in [1.807, 2.05) is 6.92 Å². The zero-order chi connectivity index (χ0) is 14.5. The fraction of sp³-hybridized carbons (Fsp3) is 0.417. The highest BCUT2D eigenvalue weighted by Crippen LogP contribution is 2.36. The van der Waals surface area contributed by atoms with Crippen LogP contribution in [-0.2, 0) is 15.7 Å². The number of hydrogen-bond donors (Lipinski definition) is 1. The zero-order valence-electron chi connectivity index (χ0n) is 10.2. The Hall–Kier alpha value is -1.27. The van der Waals surface area contributed by atoms with Crippen molar-refractivity contribution in [3.63, 3.8) is 0 Å². The SMILES string of the molecule is CCCOCC(=O)Nc1ccc(Cl)cc1C(F)(F)F. The van der Waals surface area contributed by atoms with Gasteiger partial charge in [-0.15, -0.1) is 0 Å². The Labute approximate surface area is 113 Å². The third-order valence-corrected chi connectivity index (χ3v) is 2.38. The molecule has 0 heterocycles. The second-order valence-electron chi connectivity index (χ2n) is 3.79. The van der Waals surface area contributed by atoms with Gasteiger partial charge in [-0.3, -0.25) is 4.79 Å². The van der Waals surface area contributed by atoms with Crippen molar-refractivity contribution >= 4 is 23.2 Å². The van der Waals surface area contributed by atoms with Crippen molar-refractivity contribution in [2.24, 2.45) is 0 Å². The van der Waals surface area contributed by atoms with Crippen molar-refractivity contribution in [3.05, 3.63) is 28.8 Å². The minimum absolute atomic E-state index is 0.0486. The Kier molecular flexibility index (Phi) is 5.62. The van der Waals surface area contributed by atoms with Crippen LogP contribution in [-0.4, -0.2) is 19.1 Å². The molecule has 0 aliphatic heterocycles. The molecule has 0 atom stereocenters. The molecule has 0 aromatic heterocycles. The molecule has 0 aliphatic carbocycles. The van der Waals surface area contributed by atoms with Gasteiger partial charge in [0, 0.05) is 11.6 Å². The molecule has 1 N–H and O–H groups in total. The van der Waals surface area contributed by atoms with Crippen LogP contribution in [0.4, 0.5) is 18.9 Å². The summed E-state index contributed by atoms with van der Waals surface area (Å²) in [5.74, 6) is -0.638. The zero-order valence-corrected chi connectivity index (χ0v) is 10.9. The van der Waals surface area contributed by atoms with Gasteiger partial charge in [0.1, 0.15) is 6.61 Å². The van der Waals surface area contributed by atoms with Crippen LogP contribution >= 0.6 is 11.6 Å². The molecule has 106 valence electrons. The first kappa shape index (κ1) is 15.8. The normalized spacial score (nSPS) is 11.4. The lowest BCUT2D eigenvalue weighted by molar-refractivity contribution is -0.137. The van der Waals surface area contributed by atoms with E-state index < -0.39 is 17.6 Å². The van der Waals surface area contributed by atoms with Crippen LogP contribution in [0.1, 0.15) is 18.9 Å². The van der Waals surface area contributed by atoms with Crippen molar-refractivity contribution in [2.75, 3.05) is 18.5 Å². The fourth-order valence-electron chi connectivity index (χ4n) is 1.36. The van der Waals surface area contributed by atoms with Crippen molar-refractivity contribution in [1.29, 1.82) is 0 Å². The van der Waals surface area contributed by atoms with Gasteiger partial charge in [0.2, 0.25) is 5.91 Å². The predicted molar refractivity (Wildman–Crippen MR) is 66.2 cm³/mol. The number of hydrogen-bond acceptors (Lipinski definition) is 2. The average Bonchev–Trinajstić information content (AvgIpc) is 2.30. The summed E-state index contributed by atoms with van der Waals surface area (Å²) in [6, 6.07) is 3.16. The summed E-state index contributed by atoms with van der Waals surface area (Å²) >= 11 is 5.52. The third-order valence-electron chi connectivity index (χ3n) is 2.14. The smallest absolute Gasteiger partial charge is 0.372 e. The molecule has 1 aromatic rings. The number of rotatable bonds is 5. The molecule has 0 bridgehead atoms. The van der Waals surface area contributed by atoms with E-state index >= 15 is 0 Å². The number of halogens is 4. The Bertz CT molecular complexity index is 449. The van der Waals surface area contributed by atoms with Crippen LogP contribution in [0.2, 0.25) is 5.02 Å². The Morgan fingerprint density at radius 2 is 2.11 bits per heavy atom. The Balaban J connectivity index is 2.80. The molecule has 0 radical (unpaired) electrons. The molecule has 0 aliphatic rings. The first-order chi connectivity index (χ1) is 8.84. The van der Waals surface area contributed by atoms with Crippen LogP contribution in [0.5, 0.6) is 0 Å². The Morgan fingerprint density at radius 1 is 1.42 bits per heavy atom. The van der Waals surface area contributed by atoms with Gasteiger partial charge in [-0.1, -0.05) is 18.5 Å². The lowest BCUT2D eigenvalue weighted by Gasteiger charge is -2.14. The van der Waals surface area contributed by atoms with Crippen LogP contribution < -0.4 is 5.32 Å². The molecular formula is C12H13ClF3NO2. The van der Waals surface area contributed by atoms with E-state index in [0.717, 1.165) is 18.6 Å². The maximum atomic E-state index is 12.7. The quantitative estimate of drug-likeness (QED) is 0.841. The van der Waals surface area contributed by atoms with Gasteiger partial charge in [0.25, 0.3) is 0 Å². The highest BCUT2D eigenvalue weighted by Gasteiger charge is 2.34. The van der Waals surface area contributed by atoms with Gasteiger partial charge in [-0.25, -0.2) is 0 Å². The van der Waals surface area contributed by atoms with E-state index in [4.69, 9.17) is 16.3 Å². The van der Waals surface area contributed by atoms with E-state index in [1.165, 1.54) is 6.07 Å². The summed E-state index contributed by atoms with van der Waals surface area (Å²) < 4.78 is 43.2. The highest BCUT2D eigenvalue weighted by molar-refractivity contribution is 6.30. The van der Waals surface area contributed by atoms with Gasteiger partial charge < -0.3 is 10.1 Å². The van der Waals surface area contributed by atoms with Gasteiger partial charge >= 0.3 is 6.18 Å². The topological polar surface area (TPSA) is 38.3 Å². The summed E-state index contributed by atoms with van der Waals surface area (Å²) in [6.07, 6.45) is -3.86. The summed E-state index contributed by atoms with van der Waals surface area (Å²) in [5.41, 5.74) is -1.31. The number of carbonyl (C=O) groups is 1. The van der Waals surface area contributed by atoms with Crippen molar-refractivity contribution in [2.45, 2.75) is 19.5 Å². The molecule has 0 fully saturated rings.